The Morgan fingerprint density at radius 3 is 2.26 bits per heavy atom. The quantitative estimate of drug-likeness (QED) is 0.906. The van der Waals surface area contributed by atoms with Crippen LogP contribution in [0.3, 0.4) is 0 Å². The molecule has 0 atom stereocenters. The molecule has 2 nitrogen and oxygen atoms in total. The first-order valence-corrected chi connectivity index (χ1v) is 6.80. The van der Waals surface area contributed by atoms with E-state index in [9.17, 15) is 9.90 Å². The number of halogens is 1. The molecule has 0 aromatic heterocycles. The number of carbonyl (C=O) groups is 1. The van der Waals surface area contributed by atoms with Crippen LogP contribution in [0.2, 0.25) is 0 Å². The van der Waals surface area contributed by atoms with Gasteiger partial charge in [0.1, 0.15) is 0 Å². The van der Waals surface area contributed by atoms with Gasteiger partial charge in [0.05, 0.1) is 5.41 Å². The van der Waals surface area contributed by atoms with E-state index in [1.165, 1.54) is 0 Å². The van der Waals surface area contributed by atoms with E-state index in [1.54, 1.807) is 13.8 Å². The first-order chi connectivity index (χ1) is 8.91. The zero-order chi connectivity index (χ0) is 14.0. The van der Waals surface area contributed by atoms with Crippen LogP contribution < -0.4 is 0 Å². The Bertz CT molecular complexity index is 600. The van der Waals surface area contributed by atoms with Crippen molar-refractivity contribution in [1.29, 1.82) is 0 Å². The molecule has 0 aliphatic rings. The van der Waals surface area contributed by atoms with Crippen molar-refractivity contribution in [1.82, 2.24) is 0 Å². The molecule has 0 saturated heterocycles. The molecule has 2 aromatic rings. The third-order valence-corrected chi connectivity index (χ3v) is 3.83. The van der Waals surface area contributed by atoms with E-state index in [1.807, 2.05) is 48.5 Å². The second kappa shape index (κ2) is 5.17. The zero-order valence-corrected chi connectivity index (χ0v) is 12.4. The number of carboxylic acids is 1. The maximum absolute atomic E-state index is 11.3. The van der Waals surface area contributed by atoms with Crippen LogP contribution in [0.15, 0.2) is 53.0 Å². The van der Waals surface area contributed by atoms with E-state index >= 15 is 0 Å². The van der Waals surface area contributed by atoms with Crippen LogP contribution in [-0.2, 0) is 10.2 Å². The Balaban J connectivity index is 2.45. The standard InChI is InChI=1S/C16H15BrO2/c1-16(2,15(18)19)13-5-3-4-12(10-13)11-6-8-14(17)9-7-11/h3-10H,1-2H3,(H,18,19). The fraction of sp³-hybridized carbons (Fsp3) is 0.188. The average Bonchev–Trinajstić information content (AvgIpc) is 2.39. The van der Waals surface area contributed by atoms with Gasteiger partial charge in [0.25, 0.3) is 0 Å². The third kappa shape index (κ3) is 2.87. The minimum absolute atomic E-state index is 0.806. The van der Waals surface area contributed by atoms with Gasteiger partial charge >= 0.3 is 5.97 Å². The minimum Gasteiger partial charge on any atom is -0.481 e. The summed E-state index contributed by atoms with van der Waals surface area (Å²) >= 11 is 3.41. The molecule has 98 valence electrons. The van der Waals surface area contributed by atoms with Crippen molar-refractivity contribution >= 4 is 21.9 Å². The molecule has 0 heterocycles. The molecule has 0 saturated carbocycles. The maximum atomic E-state index is 11.3. The van der Waals surface area contributed by atoms with Crippen LogP contribution in [0, 0.1) is 0 Å². The second-order valence-corrected chi connectivity index (χ2v) is 5.93. The van der Waals surface area contributed by atoms with Gasteiger partial charge in [-0.05, 0) is 42.7 Å². The second-order valence-electron chi connectivity index (χ2n) is 5.02. The van der Waals surface area contributed by atoms with Crippen molar-refractivity contribution in [3.05, 3.63) is 58.6 Å². The van der Waals surface area contributed by atoms with E-state index < -0.39 is 11.4 Å². The molecule has 3 heteroatoms. The lowest BCUT2D eigenvalue weighted by Gasteiger charge is -2.20. The number of aliphatic carboxylic acids is 1. The van der Waals surface area contributed by atoms with E-state index in [0.29, 0.717) is 0 Å². The van der Waals surface area contributed by atoms with Crippen molar-refractivity contribution < 1.29 is 9.90 Å². The van der Waals surface area contributed by atoms with Gasteiger partial charge in [-0.1, -0.05) is 52.3 Å². The van der Waals surface area contributed by atoms with Crippen LogP contribution in [0.25, 0.3) is 11.1 Å². The SMILES string of the molecule is CC(C)(C(=O)O)c1cccc(-c2ccc(Br)cc2)c1. The van der Waals surface area contributed by atoms with E-state index in [0.717, 1.165) is 21.2 Å². The van der Waals surface area contributed by atoms with Crippen molar-refractivity contribution in [3.8, 4) is 11.1 Å². The lowest BCUT2D eigenvalue weighted by molar-refractivity contribution is -0.142. The molecular weight excluding hydrogens is 304 g/mol. The van der Waals surface area contributed by atoms with Gasteiger partial charge in [-0.2, -0.15) is 0 Å². The molecule has 0 bridgehead atoms. The molecule has 0 aliphatic heterocycles. The summed E-state index contributed by atoms with van der Waals surface area (Å²) in [5.41, 5.74) is 2.02. The number of rotatable bonds is 3. The highest BCUT2D eigenvalue weighted by Crippen LogP contribution is 2.28. The molecule has 0 spiro atoms. The fourth-order valence-electron chi connectivity index (χ4n) is 1.85. The summed E-state index contributed by atoms with van der Waals surface area (Å²) in [7, 11) is 0. The van der Waals surface area contributed by atoms with E-state index in [-0.39, 0.29) is 0 Å². The van der Waals surface area contributed by atoms with Gasteiger partial charge in [0.2, 0.25) is 0 Å². The molecule has 19 heavy (non-hydrogen) atoms. The van der Waals surface area contributed by atoms with Crippen LogP contribution in [-0.4, -0.2) is 11.1 Å². The Morgan fingerprint density at radius 1 is 1.05 bits per heavy atom. The summed E-state index contributed by atoms with van der Waals surface area (Å²) in [5.74, 6) is -0.819. The van der Waals surface area contributed by atoms with Gasteiger partial charge in [-0.25, -0.2) is 0 Å². The molecule has 0 amide bonds. The highest BCUT2D eigenvalue weighted by Gasteiger charge is 2.29. The maximum Gasteiger partial charge on any atom is 0.313 e. The molecule has 0 aliphatic carbocycles. The smallest absolute Gasteiger partial charge is 0.313 e. The largest absolute Gasteiger partial charge is 0.481 e. The molecule has 0 radical (unpaired) electrons. The lowest BCUT2D eigenvalue weighted by Crippen LogP contribution is -2.28. The summed E-state index contributed by atoms with van der Waals surface area (Å²) in [6.07, 6.45) is 0. The van der Waals surface area contributed by atoms with E-state index in [2.05, 4.69) is 15.9 Å². The summed E-state index contributed by atoms with van der Waals surface area (Å²) in [4.78, 5) is 11.3. The van der Waals surface area contributed by atoms with Crippen LogP contribution >= 0.6 is 15.9 Å². The predicted molar refractivity (Wildman–Crippen MR) is 80.2 cm³/mol. The predicted octanol–water partition coefficient (Wildman–Crippen LogP) is 4.48. The zero-order valence-electron chi connectivity index (χ0n) is 10.9. The van der Waals surface area contributed by atoms with E-state index in [4.69, 9.17) is 0 Å². The van der Waals surface area contributed by atoms with Crippen molar-refractivity contribution in [2.75, 3.05) is 0 Å². The van der Waals surface area contributed by atoms with Gasteiger partial charge in [-0.3, -0.25) is 4.79 Å². The first-order valence-electron chi connectivity index (χ1n) is 6.01. The van der Waals surface area contributed by atoms with Gasteiger partial charge in [0, 0.05) is 4.47 Å². The topological polar surface area (TPSA) is 37.3 Å². The Hall–Kier alpha value is -1.61. The fourth-order valence-corrected chi connectivity index (χ4v) is 2.12. The molecule has 1 N–H and O–H groups in total. The molecule has 2 rings (SSSR count). The number of hydrogen-bond donors (Lipinski definition) is 1. The van der Waals surface area contributed by atoms with Gasteiger partial charge in [0.15, 0.2) is 0 Å². The molecule has 0 unspecified atom stereocenters. The van der Waals surface area contributed by atoms with Crippen molar-refractivity contribution in [2.24, 2.45) is 0 Å². The lowest BCUT2D eigenvalue weighted by atomic mass is 9.83. The van der Waals surface area contributed by atoms with Crippen LogP contribution in [0.4, 0.5) is 0 Å². The summed E-state index contributed by atoms with van der Waals surface area (Å²) < 4.78 is 1.03. The first kappa shape index (κ1) is 13.8. The van der Waals surface area contributed by atoms with Crippen molar-refractivity contribution in [2.45, 2.75) is 19.3 Å². The van der Waals surface area contributed by atoms with Crippen LogP contribution in [0.5, 0.6) is 0 Å². The summed E-state index contributed by atoms with van der Waals surface area (Å²) in [6, 6.07) is 15.7. The van der Waals surface area contributed by atoms with Gasteiger partial charge < -0.3 is 5.11 Å². The minimum atomic E-state index is -0.884. The highest BCUT2D eigenvalue weighted by atomic mass is 79.9. The number of carboxylic acid groups (broad SMARTS) is 1. The van der Waals surface area contributed by atoms with Crippen LogP contribution in [0.1, 0.15) is 19.4 Å². The highest BCUT2D eigenvalue weighted by molar-refractivity contribution is 9.10. The Kier molecular flexibility index (Phi) is 3.76. The molecular formula is C16H15BrO2. The average molecular weight is 319 g/mol. The Labute approximate surface area is 121 Å². The normalized spacial score (nSPS) is 11.3. The summed E-state index contributed by atoms with van der Waals surface area (Å²) in [6.45, 7) is 3.44. The third-order valence-electron chi connectivity index (χ3n) is 3.30. The van der Waals surface area contributed by atoms with Gasteiger partial charge in [-0.15, -0.1) is 0 Å². The van der Waals surface area contributed by atoms with Crippen molar-refractivity contribution in [3.63, 3.8) is 0 Å². The molecule has 0 fully saturated rings. The Morgan fingerprint density at radius 2 is 1.68 bits per heavy atom. The molecule has 2 aromatic carbocycles. The monoisotopic (exact) mass is 318 g/mol. The number of benzene rings is 2. The summed E-state index contributed by atoms with van der Waals surface area (Å²) in [5, 5.41) is 9.29. The number of hydrogen-bond acceptors (Lipinski definition) is 1.